The van der Waals surface area contributed by atoms with Crippen molar-refractivity contribution >= 4 is 17.8 Å². The van der Waals surface area contributed by atoms with Crippen molar-refractivity contribution in [2.75, 3.05) is 38.1 Å². The normalized spacial score (nSPS) is 19.9. The molecule has 0 unspecified atom stereocenters. The highest BCUT2D eigenvalue weighted by Gasteiger charge is 2.34. The van der Waals surface area contributed by atoms with Crippen LogP contribution >= 0.6 is 0 Å². The van der Waals surface area contributed by atoms with Crippen LogP contribution in [0.5, 0.6) is 0 Å². The molecule has 1 aromatic rings. The zero-order valence-corrected chi connectivity index (χ0v) is 9.92. The minimum Gasteiger partial charge on any atom is -0.383 e. The molecule has 0 aromatic carbocycles. The summed E-state index contributed by atoms with van der Waals surface area (Å²) in [7, 11) is 2.06. The molecule has 3 heterocycles. The number of ether oxygens (including phenoxy) is 1. The van der Waals surface area contributed by atoms with E-state index in [1.54, 1.807) is 0 Å². The van der Waals surface area contributed by atoms with Gasteiger partial charge in [0.05, 0.1) is 6.20 Å². The third kappa shape index (κ3) is 1.72. The summed E-state index contributed by atoms with van der Waals surface area (Å²) in [6.45, 7) is 3.52. The van der Waals surface area contributed by atoms with E-state index in [9.17, 15) is 9.59 Å². The second-order valence-electron chi connectivity index (χ2n) is 4.39. The maximum atomic E-state index is 11.4. The van der Waals surface area contributed by atoms with Crippen LogP contribution in [0.2, 0.25) is 0 Å². The Bertz CT molecular complexity index is 523. The van der Waals surface area contributed by atoms with Crippen LogP contribution in [0.25, 0.3) is 0 Å². The van der Waals surface area contributed by atoms with Gasteiger partial charge in [0.15, 0.2) is 11.4 Å². The summed E-state index contributed by atoms with van der Waals surface area (Å²) in [5, 5.41) is 0. The number of carbonyl (C=O) groups is 2. The minimum absolute atomic E-state index is 0.0119. The fourth-order valence-corrected chi connectivity index (χ4v) is 2.04. The predicted molar refractivity (Wildman–Crippen MR) is 61.5 cm³/mol. The topological polar surface area (TPSA) is 75.6 Å². The summed E-state index contributed by atoms with van der Waals surface area (Å²) in [5.41, 5.74) is 0.0364. The monoisotopic (exact) mass is 248 g/mol. The lowest BCUT2D eigenvalue weighted by molar-refractivity contribution is 0.0439. The average molecular weight is 248 g/mol. The molecule has 0 radical (unpaired) electrons. The molecule has 1 saturated heterocycles. The lowest BCUT2D eigenvalue weighted by atomic mass is 10.3. The molecule has 0 saturated carbocycles. The van der Waals surface area contributed by atoms with Gasteiger partial charge in [0, 0.05) is 26.2 Å². The number of likely N-dealkylation sites (N-methyl/N-ethyl adjacent to an activating group) is 1. The fraction of sp³-hybridized carbons (Fsp3) is 0.455. The smallest absolute Gasteiger partial charge is 0.367 e. The van der Waals surface area contributed by atoms with Crippen molar-refractivity contribution in [2.24, 2.45) is 0 Å². The van der Waals surface area contributed by atoms with Crippen molar-refractivity contribution in [1.29, 1.82) is 0 Å². The van der Waals surface area contributed by atoms with Crippen LogP contribution in [0.4, 0.5) is 5.82 Å². The second kappa shape index (κ2) is 4.02. The van der Waals surface area contributed by atoms with E-state index in [-0.39, 0.29) is 11.4 Å². The minimum atomic E-state index is -0.715. The summed E-state index contributed by atoms with van der Waals surface area (Å²) >= 11 is 0. The number of esters is 2. The highest BCUT2D eigenvalue weighted by atomic mass is 16.6. The number of anilines is 1. The lowest BCUT2D eigenvalue weighted by Gasteiger charge is -2.32. The van der Waals surface area contributed by atoms with Crippen molar-refractivity contribution in [3.63, 3.8) is 0 Å². The van der Waals surface area contributed by atoms with Crippen molar-refractivity contribution in [3.8, 4) is 0 Å². The van der Waals surface area contributed by atoms with E-state index in [1.165, 1.54) is 6.20 Å². The Hall–Kier alpha value is -2.02. The number of aromatic nitrogens is 2. The van der Waals surface area contributed by atoms with Gasteiger partial charge in [-0.05, 0) is 7.05 Å². The number of cyclic esters (lactones) is 2. The maximum absolute atomic E-state index is 11.4. The number of piperazine rings is 1. The third-order valence-electron chi connectivity index (χ3n) is 3.16. The zero-order valence-electron chi connectivity index (χ0n) is 9.92. The van der Waals surface area contributed by atoms with Crippen molar-refractivity contribution in [1.82, 2.24) is 14.9 Å². The van der Waals surface area contributed by atoms with Gasteiger partial charge in [-0.1, -0.05) is 0 Å². The molecular weight excluding hydrogens is 236 g/mol. The van der Waals surface area contributed by atoms with Crippen molar-refractivity contribution in [2.45, 2.75) is 0 Å². The summed E-state index contributed by atoms with van der Waals surface area (Å²) < 4.78 is 4.46. The molecule has 18 heavy (non-hydrogen) atoms. The number of nitrogens with zero attached hydrogens (tertiary/aromatic N) is 4. The largest absolute Gasteiger partial charge is 0.383 e. The molecule has 3 rings (SSSR count). The van der Waals surface area contributed by atoms with Gasteiger partial charge >= 0.3 is 11.9 Å². The first-order valence-corrected chi connectivity index (χ1v) is 5.72. The van der Waals surface area contributed by atoms with Gasteiger partial charge in [0.2, 0.25) is 0 Å². The van der Waals surface area contributed by atoms with Gasteiger partial charge in [-0.25, -0.2) is 19.6 Å². The Morgan fingerprint density at radius 1 is 1.11 bits per heavy atom. The van der Waals surface area contributed by atoms with Crippen LogP contribution in [0.3, 0.4) is 0 Å². The van der Waals surface area contributed by atoms with Crippen LogP contribution in [0, 0.1) is 0 Å². The Morgan fingerprint density at radius 3 is 2.50 bits per heavy atom. The van der Waals surface area contributed by atoms with E-state index in [0.29, 0.717) is 5.82 Å². The first-order valence-electron chi connectivity index (χ1n) is 5.72. The quantitative estimate of drug-likeness (QED) is 0.491. The predicted octanol–water partition coefficient (Wildman–Crippen LogP) is -0.461. The van der Waals surface area contributed by atoms with Gasteiger partial charge in [0.1, 0.15) is 5.82 Å². The Morgan fingerprint density at radius 2 is 1.78 bits per heavy atom. The van der Waals surface area contributed by atoms with E-state index in [1.807, 2.05) is 4.90 Å². The average Bonchev–Trinajstić information content (AvgIpc) is 2.66. The summed E-state index contributed by atoms with van der Waals surface area (Å²) in [6.07, 6.45) is 1.52. The van der Waals surface area contributed by atoms with Crippen LogP contribution in [0.1, 0.15) is 21.0 Å². The molecular formula is C11H12N4O3. The van der Waals surface area contributed by atoms with Gasteiger partial charge in [-0.2, -0.15) is 0 Å². The van der Waals surface area contributed by atoms with E-state index >= 15 is 0 Å². The lowest BCUT2D eigenvalue weighted by Crippen LogP contribution is -2.45. The Balaban J connectivity index is 1.89. The molecule has 7 nitrogen and oxygen atoms in total. The number of rotatable bonds is 1. The molecule has 0 aliphatic carbocycles. The third-order valence-corrected chi connectivity index (χ3v) is 3.16. The standard InChI is InChI=1S/C11H12N4O3/c1-14-2-4-15(5-3-14)7-6-12-8-9(13-7)11(17)18-10(8)16/h6H,2-5H2,1H3. The number of fused-ring (bicyclic) bond motifs is 1. The summed E-state index contributed by atoms with van der Waals surface area (Å²) in [4.78, 5) is 35.0. The van der Waals surface area contributed by atoms with Crippen LogP contribution in [-0.4, -0.2) is 60.0 Å². The molecule has 0 bridgehead atoms. The molecule has 94 valence electrons. The van der Waals surface area contributed by atoms with Gasteiger partial charge in [0.25, 0.3) is 0 Å². The van der Waals surface area contributed by atoms with Crippen LogP contribution in [0.15, 0.2) is 6.20 Å². The van der Waals surface area contributed by atoms with E-state index < -0.39 is 11.9 Å². The van der Waals surface area contributed by atoms with Crippen LogP contribution in [-0.2, 0) is 4.74 Å². The molecule has 2 aliphatic rings. The first kappa shape index (κ1) is 11.1. The molecule has 7 heteroatoms. The maximum Gasteiger partial charge on any atom is 0.367 e. The summed E-state index contributed by atoms with van der Waals surface area (Å²) in [6, 6.07) is 0. The van der Waals surface area contributed by atoms with E-state index in [2.05, 4.69) is 26.7 Å². The molecule has 0 N–H and O–H groups in total. The zero-order chi connectivity index (χ0) is 12.7. The highest BCUT2D eigenvalue weighted by molar-refractivity contribution is 6.12. The second-order valence-corrected chi connectivity index (χ2v) is 4.39. The molecule has 2 aliphatic heterocycles. The summed E-state index contributed by atoms with van der Waals surface area (Å²) in [5.74, 6) is -0.806. The Kier molecular flexibility index (Phi) is 2.48. The first-order chi connectivity index (χ1) is 8.65. The number of carbonyl (C=O) groups excluding carboxylic acids is 2. The number of hydrogen-bond acceptors (Lipinski definition) is 7. The molecule has 0 amide bonds. The molecule has 1 aromatic heterocycles. The fourth-order valence-electron chi connectivity index (χ4n) is 2.04. The van der Waals surface area contributed by atoms with E-state index in [0.717, 1.165) is 26.2 Å². The highest BCUT2D eigenvalue weighted by Crippen LogP contribution is 2.20. The molecule has 0 spiro atoms. The Labute approximate surface area is 103 Å². The van der Waals surface area contributed by atoms with Gasteiger partial charge in [-0.3, -0.25) is 0 Å². The number of hydrogen-bond donors (Lipinski definition) is 0. The molecule has 0 atom stereocenters. The van der Waals surface area contributed by atoms with Crippen molar-refractivity contribution in [3.05, 3.63) is 17.6 Å². The van der Waals surface area contributed by atoms with Gasteiger partial charge < -0.3 is 14.5 Å². The SMILES string of the molecule is CN1CCN(c2cnc3c(n2)C(=O)OC3=O)CC1. The van der Waals surface area contributed by atoms with Crippen LogP contribution < -0.4 is 4.90 Å². The van der Waals surface area contributed by atoms with Crippen molar-refractivity contribution < 1.29 is 14.3 Å². The van der Waals surface area contributed by atoms with E-state index in [4.69, 9.17) is 0 Å². The molecule has 1 fully saturated rings. The van der Waals surface area contributed by atoms with Gasteiger partial charge in [-0.15, -0.1) is 0 Å².